The third-order valence-electron chi connectivity index (χ3n) is 2.77. The molecule has 0 aliphatic heterocycles. The number of pyridine rings is 1. The van der Waals surface area contributed by atoms with Crippen molar-refractivity contribution in [3.63, 3.8) is 0 Å². The number of aliphatic hydroxyl groups excluding tert-OH is 1. The van der Waals surface area contributed by atoms with E-state index in [-0.39, 0.29) is 0 Å². The second-order valence-corrected chi connectivity index (χ2v) is 3.91. The zero-order valence-electron chi connectivity index (χ0n) is 10.6. The number of aromatic nitrogens is 1. The van der Waals surface area contributed by atoms with E-state index in [4.69, 9.17) is 9.47 Å². The molecule has 1 aromatic carbocycles. The van der Waals surface area contributed by atoms with E-state index in [1.807, 2.05) is 0 Å². The average Bonchev–Trinajstić information content (AvgIpc) is 2.46. The lowest BCUT2D eigenvalue weighted by molar-refractivity contribution is 0.209. The molecule has 1 heterocycles. The van der Waals surface area contributed by atoms with Crippen LogP contribution >= 0.6 is 0 Å². The number of hydrogen-bond donors (Lipinski definition) is 1. The summed E-state index contributed by atoms with van der Waals surface area (Å²) in [6.45, 7) is 0. The van der Waals surface area contributed by atoms with Gasteiger partial charge in [-0.2, -0.15) is 0 Å². The number of aliphatic hydroxyl groups is 1. The van der Waals surface area contributed by atoms with E-state index in [1.165, 1.54) is 19.2 Å². The average molecular weight is 263 g/mol. The summed E-state index contributed by atoms with van der Waals surface area (Å²) in [6, 6.07) is 7.76. The molecule has 5 heteroatoms. The van der Waals surface area contributed by atoms with Gasteiger partial charge in [-0.05, 0) is 24.3 Å². The molecule has 19 heavy (non-hydrogen) atoms. The highest BCUT2D eigenvalue weighted by Crippen LogP contribution is 2.32. The first-order valence-electron chi connectivity index (χ1n) is 5.67. The smallest absolute Gasteiger partial charge is 0.141 e. The number of hydrogen-bond acceptors (Lipinski definition) is 4. The molecule has 2 aromatic rings. The Balaban J connectivity index is 2.37. The number of halogens is 1. The molecule has 0 aliphatic carbocycles. The Morgan fingerprint density at radius 1 is 1.16 bits per heavy atom. The zero-order valence-corrected chi connectivity index (χ0v) is 10.6. The first-order valence-corrected chi connectivity index (χ1v) is 5.67. The van der Waals surface area contributed by atoms with Crippen LogP contribution < -0.4 is 9.47 Å². The van der Waals surface area contributed by atoms with Gasteiger partial charge in [0.05, 0.1) is 26.1 Å². The maximum Gasteiger partial charge on any atom is 0.141 e. The Hall–Kier alpha value is -2.14. The van der Waals surface area contributed by atoms with Crippen LogP contribution in [0.1, 0.15) is 17.4 Å². The van der Waals surface area contributed by atoms with Crippen molar-refractivity contribution in [2.45, 2.75) is 6.10 Å². The van der Waals surface area contributed by atoms with Gasteiger partial charge in [0.2, 0.25) is 0 Å². The molecule has 2 rings (SSSR count). The predicted molar refractivity (Wildman–Crippen MR) is 67.8 cm³/mol. The van der Waals surface area contributed by atoms with Crippen molar-refractivity contribution in [2.24, 2.45) is 0 Å². The molecular weight excluding hydrogens is 249 g/mol. The lowest BCUT2D eigenvalue weighted by Crippen LogP contribution is -2.05. The minimum atomic E-state index is -0.985. The van der Waals surface area contributed by atoms with Crippen LogP contribution in [0.4, 0.5) is 4.39 Å². The molecule has 0 saturated heterocycles. The maximum absolute atomic E-state index is 12.8. The van der Waals surface area contributed by atoms with Crippen molar-refractivity contribution in [1.82, 2.24) is 4.98 Å². The fourth-order valence-corrected chi connectivity index (χ4v) is 1.75. The Morgan fingerprint density at radius 2 is 1.95 bits per heavy atom. The maximum atomic E-state index is 12.8. The van der Waals surface area contributed by atoms with E-state index < -0.39 is 11.9 Å². The summed E-state index contributed by atoms with van der Waals surface area (Å²) in [6.07, 6.45) is 0.0793. The number of nitrogens with zero attached hydrogens (tertiary/aromatic N) is 1. The van der Waals surface area contributed by atoms with E-state index >= 15 is 0 Å². The summed E-state index contributed by atoms with van der Waals surface area (Å²) < 4.78 is 23.1. The molecule has 0 amide bonds. The highest BCUT2D eigenvalue weighted by atomic mass is 19.1. The van der Waals surface area contributed by atoms with Crippen molar-refractivity contribution >= 4 is 0 Å². The Morgan fingerprint density at radius 3 is 2.53 bits per heavy atom. The summed E-state index contributed by atoms with van der Waals surface area (Å²) in [5, 5.41) is 10.3. The molecule has 1 unspecified atom stereocenters. The molecule has 4 nitrogen and oxygen atoms in total. The van der Waals surface area contributed by atoms with Crippen LogP contribution in [-0.4, -0.2) is 24.3 Å². The molecule has 0 spiro atoms. The standard InChI is InChI=1S/C14H14FNO3/c1-18-10-4-5-11(13(7-10)19-2)14(17)12-6-3-9(15)8-16-12/h3-8,14,17H,1-2H3. The van der Waals surface area contributed by atoms with Crippen LogP contribution in [0.25, 0.3) is 0 Å². The minimum absolute atomic E-state index is 0.352. The van der Waals surface area contributed by atoms with Crippen molar-refractivity contribution in [3.8, 4) is 11.5 Å². The first kappa shape index (κ1) is 13.3. The van der Waals surface area contributed by atoms with Gasteiger partial charge in [0.25, 0.3) is 0 Å². The molecule has 100 valence electrons. The molecule has 0 saturated carbocycles. The second kappa shape index (κ2) is 5.67. The zero-order chi connectivity index (χ0) is 13.8. The van der Waals surface area contributed by atoms with E-state index in [9.17, 15) is 9.50 Å². The number of benzene rings is 1. The Bertz CT molecular complexity index is 557. The molecule has 1 N–H and O–H groups in total. The molecular formula is C14H14FNO3. The van der Waals surface area contributed by atoms with Gasteiger partial charge in [-0.15, -0.1) is 0 Å². The van der Waals surface area contributed by atoms with Gasteiger partial charge < -0.3 is 14.6 Å². The lowest BCUT2D eigenvalue weighted by atomic mass is 10.0. The molecule has 0 fully saturated rings. The fraction of sp³-hybridized carbons (Fsp3) is 0.214. The summed E-state index contributed by atoms with van der Waals surface area (Å²) >= 11 is 0. The van der Waals surface area contributed by atoms with Crippen molar-refractivity contribution < 1.29 is 19.0 Å². The van der Waals surface area contributed by atoms with Crippen molar-refractivity contribution in [3.05, 3.63) is 53.6 Å². The van der Waals surface area contributed by atoms with Crippen LogP contribution in [0.3, 0.4) is 0 Å². The van der Waals surface area contributed by atoms with Crippen LogP contribution in [0.5, 0.6) is 11.5 Å². The third kappa shape index (κ3) is 2.82. The van der Waals surface area contributed by atoms with E-state index in [0.29, 0.717) is 22.8 Å². The molecule has 0 bridgehead atoms. The Labute approximate surface area is 110 Å². The summed E-state index contributed by atoms with van der Waals surface area (Å²) in [4.78, 5) is 3.86. The first-order chi connectivity index (χ1) is 9.15. The SMILES string of the molecule is COc1ccc(C(O)c2ccc(F)cn2)c(OC)c1. The Kier molecular flexibility index (Phi) is 3.97. The van der Waals surface area contributed by atoms with Crippen LogP contribution in [-0.2, 0) is 0 Å². The lowest BCUT2D eigenvalue weighted by Gasteiger charge is -2.15. The van der Waals surface area contributed by atoms with E-state index in [1.54, 1.807) is 25.3 Å². The summed E-state index contributed by atoms with van der Waals surface area (Å²) in [7, 11) is 3.05. The van der Waals surface area contributed by atoms with Gasteiger partial charge in [-0.1, -0.05) is 0 Å². The second-order valence-electron chi connectivity index (χ2n) is 3.91. The summed E-state index contributed by atoms with van der Waals surface area (Å²) in [5.74, 6) is 0.662. The van der Waals surface area contributed by atoms with Crippen LogP contribution in [0, 0.1) is 5.82 Å². The summed E-state index contributed by atoms with van der Waals surface area (Å²) in [5.41, 5.74) is 0.896. The topological polar surface area (TPSA) is 51.6 Å². The molecule has 0 radical (unpaired) electrons. The quantitative estimate of drug-likeness (QED) is 0.919. The minimum Gasteiger partial charge on any atom is -0.497 e. The largest absolute Gasteiger partial charge is 0.497 e. The third-order valence-corrected chi connectivity index (χ3v) is 2.77. The fourth-order valence-electron chi connectivity index (χ4n) is 1.75. The molecule has 1 aromatic heterocycles. The van der Waals surface area contributed by atoms with Gasteiger partial charge in [-0.25, -0.2) is 4.39 Å². The van der Waals surface area contributed by atoms with Gasteiger partial charge >= 0.3 is 0 Å². The van der Waals surface area contributed by atoms with Crippen LogP contribution in [0.2, 0.25) is 0 Å². The van der Waals surface area contributed by atoms with E-state index in [2.05, 4.69) is 4.98 Å². The van der Waals surface area contributed by atoms with Gasteiger partial charge in [-0.3, -0.25) is 4.98 Å². The highest BCUT2D eigenvalue weighted by molar-refractivity contribution is 5.44. The number of rotatable bonds is 4. The van der Waals surface area contributed by atoms with Crippen molar-refractivity contribution in [2.75, 3.05) is 14.2 Å². The van der Waals surface area contributed by atoms with Crippen molar-refractivity contribution in [1.29, 1.82) is 0 Å². The van der Waals surface area contributed by atoms with Gasteiger partial charge in [0.15, 0.2) is 0 Å². The molecule has 1 atom stereocenters. The highest BCUT2D eigenvalue weighted by Gasteiger charge is 2.17. The van der Waals surface area contributed by atoms with Gasteiger partial charge in [0.1, 0.15) is 23.4 Å². The normalized spacial score (nSPS) is 12.0. The van der Waals surface area contributed by atoms with Crippen LogP contribution in [0.15, 0.2) is 36.5 Å². The number of ether oxygens (including phenoxy) is 2. The van der Waals surface area contributed by atoms with Gasteiger partial charge in [0, 0.05) is 11.6 Å². The monoisotopic (exact) mass is 263 g/mol. The van der Waals surface area contributed by atoms with E-state index in [0.717, 1.165) is 6.20 Å². The molecule has 0 aliphatic rings. The number of methoxy groups -OCH3 is 2. The predicted octanol–water partition coefficient (Wildman–Crippen LogP) is 2.32.